The Balaban J connectivity index is 2.09. The van der Waals surface area contributed by atoms with Crippen molar-refractivity contribution in [2.75, 3.05) is 17.6 Å². The molecule has 2 rings (SSSR count). The van der Waals surface area contributed by atoms with Crippen LogP contribution in [-0.4, -0.2) is 26.3 Å². The van der Waals surface area contributed by atoms with Crippen LogP contribution in [0.2, 0.25) is 0 Å². The number of hydrogen-bond donors (Lipinski definition) is 2. The number of hydrogen-bond acceptors (Lipinski definition) is 6. The maximum Gasteiger partial charge on any atom is 0.180 e. The lowest BCUT2D eigenvalue weighted by Crippen LogP contribution is -2.08. The summed E-state index contributed by atoms with van der Waals surface area (Å²) >= 11 is 0. The van der Waals surface area contributed by atoms with Crippen LogP contribution >= 0.6 is 0 Å². The van der Waals surface area contributed by atoms with E-state index in [4.69, 9.17) is 10.5 Å². The van der Waals surface area contributed by atoms with Gasteiger partial charge in [-0.15, -0.1) is 0 Å². The lowest BCUT2D eigenvalue weighted by Gasteiger charge is -2.12. The van der Waals surface area contributed by atoms with Gasteiger partial charge in [0.05, 0.1) is 17.6 Å². The van der Waals surface area contributed by atoms with Crippen molar-refractivity contribution in [1.29, 1.82) is 0 Å². The Morgan fingerprint density at radius 3 is 2.77 bits per heavy atom. The van der Waals surface area contributed by atoms with Gasteiger partial charge in [-0.05, 0) is 20.3 Å². The number of aromatic nitrogens is 4. The fourth-order valence-electron chi connectivity index (χ4n) is 2.02. The average Bonchev–Trinajstić information content (AvgIpc) is 2.74. The first kappa shape index (κ1) is 16.1. The minimum Gasteiger partial charge on any atom is -0.482 e. The molecule has 0 aliphatic rings. The molecule has 0 saturated carbocycles. The molecule has 0 atom stereocenters. The van der Waals surface area contributed by atoms with Gasteiger partial charge >= 0.3 is 0 Å². The van der Waals surface area contributed by atoms with Crippen molar-refractivity contribution < 1.29 is 4.74 Å². The van der Waals surface area contributed by atoms with Gasteiger partial charge in [-0.1, -0.05) is 13.3 Å². The van der Waals surface area contributed by atoms with Gasteiger partial charge in [0.15, 0.2) is 11.6 Å². The van der Waals surface area contributed by atoms with Gasteiger partial charge in [0.2, 0.25) is 0 Å². The summed E-state index contributed by atoms with van der Waals surface area (Å²) in [6.07, 6.45) is 3.88. The van der Waals surface area contributed by atoms with E-state index in [9.17, 15) is 0 Å². The van der Waals surface area contributed by atoms with Crippen molar-refractivity contribution in [2.45, 2.75) is 40.2 Å². The summed E-state index contributed by atoms with van der Waals surface area (Å²) in [7, 11) is 1.86. The van der Waals surface area contributed by atoms with Gasteiger partial charge in [-0.3, -0.25) is 4.68 Å². The van der Waals surface area contributed by atoms with Crippen LogP contribution in [0.5, 0.6) is 5.75 Å². The maximum atomic E-state index is 6.02. The fourth-order valence-corrected chi connectivity index (χ4v) is 2.02. The highest BCUT2D eigenvalue weighted by Gasteiger charge is 2.12. The van der Waals surface area contributed by atoms with Crippen molar-refractivity contribution in [1.82, 2.24) is 19.7 Å². The van der Waals surface area contributed by atoms with E-state index < -0.39 is 0 Å². The molecular formula is C15H24N6O. The largest absolute Gasteiger partial charge is 0.482 e. The summed E-state index contributed by atoms with van der Waals surface area (Å²) in [6.45, 7) is 7.08. The molecule has 0 radical (unpaired) electrons. The van der Waals surface area contributed by atoms with Crippen molar-refractivity contribution in [3.05, 3.63) is 23.4 Å². The molecule has 0 unspecified atom stereocenters. The third kappa shape index (κ3) is 3.66. The predicted octanol–water partition coefficient (Wildman–Crippen LogP) is 2.20. The zero-order valence-corrected chi connectivity index (χ0v) is 13.7. The summed E-state index contributed by atoms with van der Waals surface area (Å²) in [5, 5.41) is 7.64. The van der Waals surface area contributed by atoms with E-state index in [1.54, 1.807) is 10.9 Å². The number of nitrogens with two attached hydrogens (primary N) is 1. The number of nitrogens with one attached hydrogen (secondary N) is 1. The number of aryl methyl sites for hydroxylation is 2. The highest BCUT2D eigenvalue weighted by molar-refractivity contribution is 5.50. The first-order chi connectivity index (χ1) is 10.5. The predicted molar refractivity (Wildman–Crippen MR) is 86.9 cm³/mol. The second-order valence-corrected chi connectivity index (χ2v) is 5.27. The third-order valence-corrected chi connectivity index (χ3v) is 3.52. The summed E-state index contributed by atoms with van der Waals surface area (Å²) < 4.78 is 7.56. The Bertz CT molecular complexity index is 637. The van der Waals surface area contributed by atoms with Gasteiger partial charge in [0.25, 0.3) is 0 Å². The Hall–Kier alpha value is -2.31. The normalized spacial score (nSPS) is 10.7. The Labute approximate surface area is 130 Å². The number of unbranched alkanes of at least 4 members (excludes halogenated alkanes) is 1. The summed E-state index contributed by atoms with van der Waals surface area (Å²) in [4.78, 5) is 8.59. The van der Waals surface area contributed by atoms with Crippen LogP contribution in [0, 0.1) is 13.8 Å². The topological polar surface area (TPSA) is 90.9 Å². The number of anilines is 2. The molecule has 7 nitrogen and oxygen atoms in total. The van der Waals surface area contributed by atoms with Crippen LogP contribution in [0.25, 0.3) is 0 Å². The number of nitrogen functional groups attached to an aromatic ring is 1. The molecule has 0 bridgehead atoms. The number of rotatable bonds is 7. The van der Waals surface area contributed by atoms with E-state index >= 15 is 0 Å². The second kappa shape index (κ2) is 7.11. The summed E-state index contributed by atoms with van der Waals surface area (Å²) in [6, 6.07) is 0. The van der Waals surface area contributed by atoms with Crippen LogP contribution in [0.15, 0.2) is 6.20 Å². The molecule has 0 fully saturated rings. The molecule has 3 N–H and O–H groups in total. The van der Waals surface area contributed by atoms with Crippen molar-refractivity contribution in [3.8, 4) is 5.75 Å². The number of nitrogens with zero attached hydrogens (tertiary/aromatic N) is 4. The van der Waals surface area contributed by atoms with E-state index in [1.165, 1.54) is 0 Å². The van der Waals surface area contributed by atoms with Gasteiger partial charge in [-0.25, -0.2) is 9.97 Å². The van der Waals surface area contributed by atoms with E-state index in [2.05, 4.69) is 27.3 Å². The van der Waals surface area contributed by atoms with Crippen LogP contribution in [0.1, 0.15) is 37.0 Å². The van der Waals surface area contributed by atoms with Gasteiger partial charge in [0.1, 0.15) is 18.1 Å². The molecule has 22 heavy (non-hydrogen) atoms. The molecule has 0 aliphatic heterocycles. The highest BCUT2D eigenvalue weighted by atomic mass is 16.5. The quantitative estimate of drug-likeness (QED) is 0.762. The Morgan fingerprint density at radius 1 is 1.36 bits per heavy atom. The SMILES string of the molecule is CCCCNc1nc(C)ncc1OCc1nn(C)c(C)c1N. The smallest absolute Gasteiger partial charge is 0.180 e. The zero-order valence-electron chi connectivity index (χ0n) is 13.7. The van der Waals surface area contributed by atoms with Crippen molar-refractivity contribution >= 4 is 11.5 Å². The van der Waals surface area contributed by atoms with E-state index in [1.807, 2.05) is 20.9 Å². The summed E-state index contributed by atoms with van der Waals surface area (Å²) in [5.74, 6) is 2.04. The van der Waals surface area contributed by atoms with Crippen molar-refractivity contribution in [3.63, 3.8) is 0 Å². The third-order valence-electron chi connectivity index (χ3n) is 3.52. The minimum atomic E-state index is 0.294. The zero-order chi connectivity index (χ0) is 16.1. The molecule has 2 heterocycles. The molecule has 0 aliphatic carbocycles. The van der Waals surface area contributed by atoms with E-state index in [0.29, 0.717) is 29.7 Å². The van der Waals surface area contributed by atoms with E-state index in [0.717, 1.165) is 30.8 Å². The number of ether oxygens (including phenoxy) is 1. The van der Waals surface area contributed by atoms with Crippen LogP contribution in [0.3, 0.4) is 0 Å². The lowest BCUT2D eigenvalue weighted by atomic mass is 10.3. The van der Waals surface area contributed by atoms with Gasteiger partial charge in [0, 0.05) is 13.6 Å². The standard InChI is InChI=1S/C15H24N6O/c1-5-6-7-17-15-13(8-18-11(3)19-15)22-9-12-14(16)10(2)21(4)20-12/h8H,5-7,9,16H2,1-4H3,(H,17,18,19). The Kier molecular flexibility index (Phi) is 5.19. The van der Waals surface area contributed by atoms with E-state index in [-0.39, 0.29) is 0 Å². The first-order valence-corrected chi connectivity index (χ1v) is 7.51. The maximum absolute atomic E-state index is 6.02. The molecule has 120 valence electrons. The molecule has 0 aromatic carbocycles. The average molecular weight is 304 g/mol. The molecule has 2 aromatic heterocycles. The first-order valence-electron chi connectivity index (χ1n) is 7.51. The molecular weight excluding hydrogens is 280 g/mol. The van der Waals surface area contributed by atoms with Crippen LogP contribution in [-0.2, 0) is 13.7 Å². The monoisotopic (exact) mass is 304 g/mol. The Morgan fingerprint density at radius 2 is 2.14 bits per heavy atom. The van der Waals surface area contributed by atoms with Crippen molar-refractivity contribution in [2.24, 2.45) is 7.05 Å². The molecule has 0 saturated heterocycles. The van der Waals surface area contributed by atoms with Crippen LogP contribution < -0.4 is 15.8 Å². The highest BCUT2D eigenvalue weighted by Crippen LogP contribution is 2.23. The second-order valence-electron chi connectivity index (χ2n) is 5.27. The molecule has 7 heteroatoms. The summed E-state index contributed by atoms with van der Waals surface area (Å²) in [5.41, 5.74) is 8.33. The minimum absolute atomic E-state index is 0.294. The molecule has 0 amide bonds. The lowest BCUT2D eigenvalue weighted by molar-refractivity contribution is 0.299. The van der Waals surface area contributed by atoms with Crippen LogP contribution in [0.4, 0.5) is 11.5 Å². The van der Waals surface area contributed by atoms with Gasteiger partial charge < -0.3 is 15.8 Å². The molecule has 2 aromatic rings. The fraction of sp³-hybridized carbons (Fsp3) is 0.533. The van der Waals surface area contributed by atoms with Gasteiger partial charge in [-0.2, -0.15) is 5.10 Å². The molecule has 0 spiro atoms.